The van der Waals surface area contributed by atoms with E-state index in [-0.39, 0.29) is 17.1 Å². The summed E-state index contributed by atoms with van der Waals surface area (Å²) in [5.74, 6) is 1.49. The fourth-order valence-electron chi connectivity index (χ4n) is 4.13. The fraction of sp³-hybridized carbons (Fsp3) is 0.333. The molecule has 0 aliphatic carbocycles. The Hall–Kier alpha value is -3.91. The SMILES string of the molecule is CCCCCOc1ccc(/C=N/NC(=O)CSc2nnc(-c3ccc(C(C)(C)C)cc3)n2-c2ccc(C)cc2)cc1. The molecule has 0 bridgehead atoms. The molecule has 1 aromatic heterocycles. The molecule has 3 aromatic carbocycles. The molecular formula is C33H39N5O2S. The van der Waals surface area contributed by atoms with Crippen LogP contribution in [0.5, 0.6) is 5.75 Å². The Balaban J connectivity index is 1.41. The Bertz CT molecular complexity index is 1440. The quantitative estimate of drug-likeness (QED) is 0.0835. The molecule has 0 spiro atoms. The van der Waals surface area contributed by atoms with Gasteiger partial charge in [0.05, 0.1) is 18.6 Å². The number of carbonyl (C=O) groups excluding carboxylic acids is 1. The highest BCUT2D eigenvalue weighted by Crippen LogP contribution is 2.30. The second-order valence-electron chi connectivity index (χ2n) is 11.0. The van der Waals surface area contributed by atoms with Crippen molar-refractivity contribution in [1.29, 1.82) is 0 Å². The predicted molar refractivity (Wildman–Crippen MR) is 168 cm³/mol. The lowest BCUT2D eigenvalue weighted by Gasteiger charge is -2.19. The van der Waals surface area contributed by atoms with Crippen LogP contribution in [0.2, 0.25) is 0 Å². The van der Waals surface area contributed by atoms with Gasteiger partial charge in [0.2, 0.25) is 0 Å². The Morgan fingerprint density at radius 3 is 2.34 bits per heavy atom. The second-order valence-corrected chi connectivity index (χ2v) is 12.0. The third-order valence-corrected chi connectivity index (χ3v) is 7.50. The number of hydrazone groups is 1. The number of hydrogen-bond donors (Lipinski definition) is 1. The summed E-state index contributed by atoms with van der Waals surface area (Å²) in [5, 5.41) is 13.7. The minimum atomic E-state index is -0.225. The van der Waals surface area contributed by atoms with Gasteiger partial charge in [0.1, 0.15) is 5.75 Å². The van der Waals surface area contributed by atoms with E-state index in [1.807, 2.05) is 41.0 Å². The van der Waals surface area contributed by atoms with E-state index in [1.165, 1.54) is 35.7 Å². The lowest BCUT2D eigenvalue weighted by atomic mass is 9.87. The standard InChI is InChI=1S/C33H39N5O2S/c1-6-7-8-21-40-29-19-11-25(12-20-29)22-34-35-30(39)23-41-32-37-36-31(38(32)28-17-9-24(2)10-18-28)26-13-15-27(16-14-26)33(3,4)5/h9-20,22H,6-8,21,23H2,1-5H3,(H,35,39)/b34-22+. The van der Waals surface area contributed by atoms with Crippen molar-refractivity contribution in [2.45, 2.75) is 64.5 Å². The van der Waals surface area contributed by atoms with E-state index in [4.69, 9.17) is 4.74 Å². The highest BCUT2D eigenvalue weighted by Gasteiger charge is 2.19. The zero-order valence-electron chi connectivity index (χ0n) is 24.6. The van der Waals surface area contributed by atoms with E-state index >= 15 is 0 Å². The number of unbranched alkanes of at least 4 members (excludes halogenated alkanes) is 2. The Labute approximate surface area is 247 Å². The van der Waals surface area contributed by atoms with Gasteiger partial charge in [-0.3, -0.25) is 9.36 Å². The average molecular weight is 570 g/mol. The zero-order chi connectivity index (χ0) is 29.2. The molecule has 0 aliphatic rings. The summed E-state index contributed by atoms with van der Waals surface area (Å²) in [5.41, 5.74) is 7.86. The van der Waals surface area contributed by atoms with Crippen LogP contribution >= 0.6 is 11.8 Å². The number of ether oxygens (including phenoxy) is 1. The molecule has 0 atom stereocenters. The number of benzene rings is 3. The lowest BCUT2D eigenvalue weighted by Crippen LogP contribution is -2.20. The van der Waals surface area contributed by atoms with Gasteiger partial charge >= 0.3 is 0 Å². The first-order valence-electron chi connectivity index (χ1n) is 14.1. The number of thioether (sulfide) groups is 1. The van der Waals surface area contributed by atoms with Crippen LogP contribution in [0.4, 0.5) is 0 Å². The molecule has 0 radical (unpaired) electrons. The van der Waals surface area contributed by atoms with Gasteiger partial charge in [-0.1, -0.05) is 94.3 Å². The number of aryl methyl sites for hydroxylation is 1. The summed E-state index contributed by atoms with van der Waals surface area (Å²) in [4.78, 5) is 12.6. The average Bonchev–Trinajstić information content (AvgIpc) is 3.39. The largest absolute Gasteiger partial charge is 0.494 e. The van der Waals surface area contributed by atoms with Gasteiger partial charge in [-0.05, 0) is 66.3 Å². The molecule has 0 saturated heterocycles. The maximum Gasteiger partial charge on any atom is 0.250 e. The van der Waals surface area contributed by atoms with Gasteiger partial charge in [0.25, 0.3) is 5.91 Å². The van der Waals surface area contributed by atoms with E-state index in [2.05, 4.69) is 91.7 Å². The van der Waals surface area contributed by atoms with Crippen molar-refractivity contribution in [1.82, 2.24) is 20.2 Å². The Kier molecular flexibility index (Phi) is 10.4. The van der Waals surface area contributed by atoms with Crippen molar-refractivity contribution >= 4 is 23.9 Å². The first kappa shape index (κ1) is 30.1. The zero-order valence-corrected chi connectivity index (χ0v) is 25.4. The van der Waals surface area contributed by atoms with Crippen LogP contribution in [-0.4, -0.2) is 39.2 Å². The van der Waals surface area contributed by atoms with Crippen LogP contribution in [0.25, 0.3) is 17.1 Å². The summed E-state index contributed by atoms with van der Waals surface area (Å²) in [6, 6.07) is 24.3. The number of nitrogens with zero attached hydrogens (tertiary/aromatic N) is 4. The van der Waals surface area contributed by atoms with E-state index in [1.54, 1.807) is 6.21 Å². The molecule has 214 valence electrons. The Morgan fingerprint density at radius 1 is 0.976 bits per heavy atom. The molecule has 1 heterocycles. The third kappa shape index (κ3) is 8.54. The molecule has 7 nitrogen and oxygen atoms in total. The van der Waals surface area contributed by atoms with Crippen molar-refractivity contribution in [2.75, 3.05) is 12.4 Å². The fourth-order valence-corrected chi connectivity index (χ4v) is 4.87. The topological polar surface area (TPSA) is 81.4 Å². The monoisotopic (exact) mass is 569 g/mol. The molecule has 8 heteroatoms. The van der Waals surface area contributed by atoms with Crippen LogP contribution in [0, 0.1) is 6.92 Å². The van der Waals surface area contributed by atoms with Gasteiger partial charge in [-0.25, -0.2) is 5.43 Å². The first-order chi connectivity index (χ1) is 19.7. The van der Waals surface area contributed by atoms with E-state index in [0.29, 0.717) is 5.16 Å². The molecule has 41 heavy (non-hydrogen) atoms. The van der Waals surface area contributed by atoms with Crippen molar-refractivity contribution in [3.05, 3.63) is 89.5 Å². The molecular weight excluding hydrogens is 530 g/mol. The number of nitrogens with one attached hydrogen (secondary N) is 1. The Morgan fingerprint density at radius 2 is 1.68 bits per heavy atom. The van der Waals surface area contributed by atoms with Crippen LogP contribution in [0.1, 0.15) is 63.6 Å². The van der Waals surface area contributed by atoms with E-state index in [0.717, 1.165) is 41.4 Å². The number of carbonyl (C=O) groups is 1. The van der Waals surface area contributed by atoms with Crippen molar-refractivity contribution in [3.8, 4) is 22.8 Å². The van der Waals surface area contributed by atoms with Crippen LogP contribution in [-0.2, 0) is 10.2 Å². The normalized spacial score (nSPS) is 11.6. The lowest BCUT2D eigenvalue weighted by molar-refractivity contribution is -0.118. The molecule has 0 aliphatic heterocycles. The number of hydrogen-bond acceptors (Lipinski definition) is 6. The van der Waals surface area contributed by atoms with Crippen molar-refractivity contribution < 1.29 is 9.53 Å². The van der Waals surface area contributed by atoms with Crippen LogP contribution in [0.3, 0.4) is 0 Å². The van der Waals surface area contributed by atoms with Gasteiger partial charge in [0, 0.05) is 11.3 Å². The van der Waals surface area contributed by atoms with Crippen molar-refractivity contribution in [3.63, 3.8) is 0 Å². The minimum absolute atomic E-state index is 0.0613. The number of rotatable bonds is 12. The summed E-state index contributed by atoms with van der Waals surface area (Å²) in [7, 11) is 0. The maximum absolute atomic E-state index is 12.6. The van der Waals surface area contributed by atoms with E-state index < -0.39 is 0 Å². The molecule has 0 saturated carbocycles. The number of amides is 1. The summed E-state index contributed by atoms with van der Waals surface area (Å²) in [6.45, 7) is 11.5. The van der Waals surface area contributed by atoms with Gasteiger partial charge in [0.15, 0.2) is 11.0 Å². The molecule has 4 rings (SSSR count). The van der Waals surface area contributed by atoms with E-state index in [9.17, 15) is 4.79 Å². The smallest absolute Gasteiger partial charge is 0.250 e. The molecule has 1 N–H and O–H groups in total. The second kappa shape index (κ2) is 14.1. The molecule has 4 aromatic rings. The van der Waals surface area contributed by atoms with Gasteiger partial charge in [-0.15, -0.1) is 10.2 Å². The van der Waals surface area contributed by atoms with Crippen molar-refractivity contribution in [2.24, 2.45) is 5.10 Å². The van der Waals surface area contributed by atoms with Crippen LogP contribution in [0.15, 0.2) is 83.1 Å². The minimum Gasteiger partial charge on any atom is -0.494 e. The first-order valence-corrected chi connectivity index (χ1v) is 15.0. The highest BCUT2D eigenvalue weighted by molar-refractivity contribution is 7.99. The van der Waals surface area contributed by atoms with Crippen LogP contribution < -0.4 is 10.2 Å². The summed E-state index contributed by atoms with van der Waals surface area (Å²) < 4.78 is 7.74. The third-order valence-electron chi connectivity index (χ3n) is 6.57. The summed E-state index contributed by atoms with van der Waals surface area (Å²) >= 11 is 1.32. The maximum atomic E-state index is 12.6. The number of aromatic nitrogens is 3. The predicted octanol–water partition coefficient (Wildman–Crippen LogP) is 7.35. The highest BCUT2D eigenvalue weighted by atomic mass is 32.2. The van der Waals surface area contributed by atoms with Gasteiger partial charge in [-0.2, -0.15) is 5.10 Å². The summed E-state index contributed by atoms with van der Waals surface area (Å²) in [6.07, 6.45) is 5.01. The van der Waals surface area contributed by atoms with Gasteiger partial charge < -0.3 is 4.74 Å². The molecule has 0 unspecified atom stereocenters. The molecule has 0 fully saturated rings. The molecule has 1 amide bonds.